The highest BCUT2D eigenvalue weighted by Gasteiger charge is 2.29. The van der Waals surface area contributed by atoms with Crippen LogP contribution in [-0.4, -0.2) is 26.2 Å². The Hall–Kier alpha value is -3.29. The average molecular weight is 405 g/mol. The maximum Gasteiger partial charge on any atom is 0.264 e. The molecular weight excluding hydrogens is 386 g/mol. The number of benzodiazepines with no additional fused rings is 1. The molecule has 146 valence electrons. The van der Waals surface area contributed by atoms with Crippen LogP contribution in [0.4, 0.5) is 5.69 Å². The van der Waals surface area contributed by atoms with Crippen molar-refractivity contribution in [2.45, 2.75) is 18.0 Å². The van der Waals surface area contributed by atoms with Crippen LogP contribution < -0.4 is 10.0 Å². The van der Waals surface area contributed by atoms with Crippen LogP contribution in [0.5, 0.6) is 0 Å². The molecule has 3 aromatic carbocycles. The summed E-state index contributed by atoms with van der Waals surface area (Å²) in [6.45, 7) is 1.87. The van der Waals surface area contributed by atoms with E-state index in [0.717, 1.165) is 16.7 Å². The minimum atomic E-state index is -3.94. The summed E-state index contributed by atoms with van der Waals surface area (Å²) >= 11 is 0. The smallest absolute Gasteiger partial charge is 0.264 e. The van der Waals surface area contributed by atoms with Crippen LogP contribution >= 0.6 is 0 Å². The highest BCUT2D eigenvalue weighted by Crippen LogP contribution is 2.24. The van der Waals surface area contributed by atoms with Crippen molar-refractivity contribution in [1.82, 2.24) is 4.72 Å². The van der Waals surface area contributed by atoms with Gasteiger partial charge in [0.2, 0.25) is 10.0 Å². The Morgan fingerprint density at radius 3 is 2.28 bits per heavy atom. The monoisotopic (exact) mass is 405 g/mol. The van der Waals surface area contributed by atoms with Gasteiger partial charge in [0.25, 0.3) is 5.91 Å². The Kier molecular flexibility index (Phi) is 5.00. The zero-order valence-corrected chi connectivity index (χ0v) is 16.5. The predicted octanol–water partition coefficient (Wildman–Crippen LogP) is 3.09. The van der Waals surface area contributed by atoms with E-state index in [1.165, 1.54) is 12.1 Å². The van der Waals surface area contributed by atoms with Crippen molar-refractivity contribution in [3.05, 3.63) is 95.6 Å². The van der Waals surface area contributed by atoms with Crippen molar-refractivity contribution in [3.63, 3.8) is 0 Å². The second-order valence-corrected chi connectivity index (χ2v) is 8.43. The molecule has 29 heavy (non-hydrogen) atoms. The van der Waals surface area contributed by atoms with Crippen molar-refractivity contribution in [3.8, 4) is 0 Å². The molecule has 1 atom stereocenters. The number of fused-ring (bicyclic) bond motifs is 1. The van der Waals surface area contributed by atoms with Gasteiger partial charge in [-0.1, -0.05) is 66.2 Å². The Bertz CT molecular complexity index is 1190. The number of rotatable bonds is 4. The third kappa shape index (κ3) is 3.96. The normalized spacial score (nSPS) is 16.4. The largest absolute Gasteiger partial charge is 0.322 e. The van der Waals surface area contributed by atoms with Crippen LogP contribution in [0.2, 0.25) is 0 Å². The van der Waals surface area contributed by atoms with Crippen molar-refractivity contribution in [2.75, 3.05) is 5.32 Å². The highest BCUT2D eigenvalue weighted by molar-refractivity contribution is 7.89. The van der Waals surface area contributed by atoms with Gasteiger partial charge in [-0.3, -0.25) is 9.79 Å². The van der Waals surface area contributed by atoms with Crippen LogP contribution in [0.1, 0.15) is 16.7 Å². The number of benzene rings is 3. The summed E-state index contributed by atoms with van der Waals surface area (Å²) in [5.74, 6) is -0.543. The predicted molar refractivity (Wildman–Crippen MR) is 112 cm³/mol. The third-order valence-electron chi connectivity index (χ3n) is 4.59. The fourth-order valence-corrected chi connectivity index (χ4v) is 4.18. The molecule has 2 N–H and O–H groups in total. The summed E-state index contributed by atoms with van der Waals surface area (Å²) in [6, 6.07) is 23.0. The second-order valence-electron chi connectivity index (χ2n) is 6.72. The third-order valence-corrected chi connectivity index (χ3v) is 6.02. The maximum atomic E-state index is 12.8. The number of nitrogens with one attached hydrogen (secondary N) is 2. The molecule has 0 radical (unpaired) electrons. The van der Waals surface area contributed by atoms with E-state index in [2.05, 4.69) is 15.0 Å². The fraction of sp³-hybridized carbons (Fsp3) is 0.0909. The number of aryl methyl sites for hydroxylation is 1. The molecule has 6 nitrogen and oxygen atoms in total. The lowest BCUT2D eigenvalue weighted by Crippen LogP contribution is -2.42. The lowest BCUT2D eigenvalue weighted by Gasteiger charge is -2.14. The molecule has 1 heterocycles. The molecule has 7 heteroatoms. The van der Waals surface area contributed by atoms with Crippen molar-refractivity contribution in [1.29, 1.82) is 0 Å². The number of anilines is 1. The molecule has 1 unspecified atom stereocenters. The van der Waals surface area contributed by atoms with Gasteiger partial charge in [-0.15, -0.1) is 0 Å². The van der Waals surface area contributed by atoms with Gasteiger partial charge in [0, 0.05) is 11.1 Å². The number of carbonyl (C=O) groups is 1. The molecule has 0 spiro atoms. The second kappa shape index (κ2) is 7.62. The number of hydrogen-bond acceptors (Lipinski definition) is 4. The van der Waals surface area contributed by atoms with Crippen LogP contribution in [-0.2, 0) is 14.8 Å². The summed E-state index contributed by atoms with van der Waals surface area (Å²) in [5, 5.41) is 2.77. The maximum absolute atomic E-state index is 12.8. The summed E-state index contributed by atoms with van der Waals surface area (Å²) in [5.41, 5.74) is 3.57. The van der Waals surface area contributed by atoms with E-state index < -0.39 is 22.1 Å². The minimum Gasteiger partial charge on any atom is -0.322 e. The van der Waals surface area contributed by atoms with Gasteiger partial charge in [-0.25, -0.2) is 8.42 Å². The SMILES string of the molecule is Cc1ccc(S(=O)(=O)NC2N=C(c3ccccc3)c3ccccc3NC2=O)cc1. The standard InChI is InChI=1S/C22H19N3O3S/c1-15-11-13-17(14-12-15)29(27,28)25-21-22(26)23-19-10-6-5-9-18(19)20(24-21)16-7-3-2-4-8-16/h2-14,21,25H,1H3,(H,23,26). The number of amides is 1. The van der Waals surface area contributed by atoms with Crippen LogP contribution in [0, 0.1) is 6.92 Å². The zero-order valence-electron chi connectivity index (χ0n) is 15.7. The fourth-order valence-electron chi connectivity index (χ4n) is 3.10. The van der Waals surface area contributed by atoms with Crippen LogP contribution in [0.3, 0.4) is 0 Å². The van der Waals surface area contributed by atoms with Crippen molar-refractivity contribution < 1.29 is 13.2 Å². The molecule has 1 amide bonds. The van der Waals surface area contributed by atoms with Gasteiger partial charge >= 0.3 is 0 Å². The van der Waals surface area contributed by atoms with Gasteiger partial charge in [0.15, 0.2) is 6.17 Å². The van der Waals surface area contributed by atoms with E-state index in [1.54, 1.807) is 24.3 Å². The van der Waals surface area contributed by atoms with E-state index in [9.17, 15) is 13.2 Å². The number of carbonyl (C=O) groups excluding carboxylic acids is 1. The number of aliphatic imine (C=N–C) groups is 1. The zero-order chi connectivity index (χ0) is 20.4. The molecule has 0 bridgehead atoms. The molecule has 0 aromatic heterocycles. The van der Waals surface area contributed by atoms with E-state index in [1.807, 2.05) is 49.4 Å². The molecule has 0 aliphatic carbocycles. The molecule has 0 saturated heterocycles. The average Bonchev–Trinajstić information content (AvgIpc) is 2.85. The Balaban J connectivity index is 1.77. The van der Waals surface area contributed by atoms with Crippen LogP contribution in [0.15, 0.2) is 88.8 Å². The molecule has 1 aliphatic heterocycles. The van der Waals surface area contributed by atoms with E-state index >= 15 is 0 Å². The molecule has 0 fully saturated rings. The first-order chi connectivity index (χ1) is 13.9. The first-order valence-electron chi connectivity index (χ1n) is 9.06. The number of hydrogen-bond donors (Lipinski definition) is 2. The van der Waals surface area contributed by atoms with E-state index in [4.69, 9.17) is 0 Å². The van der Waals surface area contributed by atoms with Crippen LogP contribution in [0.25, 0.3) is 0 Å². The Morgan fingerprint density at radius 1 is 0.897 bits per heavy atom. The highest BCUT2D eigenvalue weighted by atomic mass is 32.2. The summed E-state index contributed by atoms with van der Waals surface area (Å²) in [7, 11) is -3.94. The molecule has 3 aromatic rings. The Labute approximate surface area is 169 Å². The summed E-state index contributed by atoms with van der Waals surface area (Å²) in [6.07, 6.45) is -1.30. The van der Waals surface area contributed by atoms with E-state index in [-0.39, 0.29) is 4.90 Å². The molecule has 1 aliphatic rings. The molecule has 4 rings (SSSR count). The lowest BCUT2D eigenvalue weighted by molar-refractivity contribution is -0.117. The number of para-hydroxylation sites is 1. The number of sulfonamides is 1. The molecule has 0 saturated carbocycles. The van der Waals surface area contributed by atoms with Gasteiger partial charge in [0.1, 0.15) is 0 Å². The van der Waals surface area contributed by atoms with E-state index in [0.29, 0.717) is 11.4 Å². The quantitative estimate of drug-likeness (QED) is 0.699. The minimum absolute atomic E-state index is 0.0779. The van der Waals surface area contributed by atoms with Crippen molar-refractivity contribution >= 4 is 27.3 Å². The Morgan fingerprint density at radius 2 is 1.55 bits per heavy atom. The first kappa shape index (κ1) is 19.0. The summed E-state index contributed by atoms with van der Waals surface area (Å²) < 4.78 is 28.1. The van der Waals surface area contributed by atoms with Crippen molar-refractivity contribution in [2.24, 2.45) is 4.99 Å². The lowest BCUT2D eigenvalue weighted by atomic mass is 10.0. The van der Waals surface area contributed by atoms with Gasteiger partial charge in [0.05, 0.1) is 16.3 Å². The van der Waals surface area contributed by atoms with Gasteiger partial charge in [-0.05, 0) is 25.1 Å². The number of nitrogens with zero attached hydrogens (tertiary/aromatic N) is 1. The van der Waals surface area contributed by atoms with Gasteiger partial charge in [-0.2, -0.15) is 4.72 Å². The molecular formula is C22H19N3O3S. The first-order valence-corrected chi connectivity index (χ1v) is 10.5. The van der Waals surface area contributed by atoms with Gasteiger partial charge < -0.3 is 5.32 Å². The topological polar surface area (TPSA) is 87.6 Å². The summed E-state index contributed by atoms with van der Waals surface area (Å²) in [4.78, 5) is 17.4.